The summed E-state index contributed by atoms with van der Waals surface area (Å²) in [6.07, 6.45) is 0.812. The van der Waals surface area contributed by atoms with Crippen molar-refractivity contribution in [3.63, 3.8) is 0 Å². The van der Waals surface area contributed by atoms with E-state index in [9.17, 15) is 24.0 Å². The molecular formula is C18H22N2O8. The Morgan fingerprint density at radius 3 is 2.29 bits per heavy atom. The van der Waals surface area contributed by atoms with Crippen molar-refractivity contribution in [3.05, 3.63) is 11.3 Å². The number of ether oxygens (including phenoxy) is 3. The fourth-order valence-corrected chi connectivity index (χ4v) is 3.31. The Labute approximate surface area is 161 Å². The first-order valence-corrected chi connectivity index (χ1v) is 8.64. The van der Waals surface area contributed by atoms with E-state index in [0.29, 0.717) is 6.42 Å². The number of amides is 2. The molecule has 2 rings (SSSR count). The van der Waals surface area contributed by atoms with Gasteiger partial charge in [-0.1, -0.05) is 0 Å². The van der Waals surface area contributed by atoms with Gasteiger partial charge in [0.15, 0.2) is 6.61 Å². The highest BCUT2D eigenvalue weighted by atomic mass is 16.5. The van der Waals surface area contributed by atoms with Gasteiger partial charge in [0.1, 0.15) is 11.8 Å². The maximum absolute atomic E-state index is 12.8. The number of aliphatic imine (C=N–C) groups is 1. The molecule has 2 atom stereocenters. The number of carbonyl (C=O) groups excluding carboxylic acids is 5. The number of hydrogen-bond donors (Lipinski definition) is 0. The summed E-state index contributed by atoms with van der Waals surface area (Å²) in [4.78, 5) is 66.1. The Hall–Kier alpha value is -3.04. The standard InChI is InChI=1S/C18H22N2O8/c1-9-13(16(23)26-3)15(14(10(2)19-9)17(24)27-4)18(25)28-8-12(22)20-7-5-6-11(20)21/h13,15H,5-8H2,1-4H3/t13?,15-/m0/s1. The summed E-state index contributed by atoms with van der Waals surface area (Å²) >= 11 is 0. The second kappa shape index (κ2) is 8.77. The van der Waals surface area contributed by atoms with Gasteiger partial charge >= 0.3 is 17.9 Å². The summed E-state index contributed by atoms with van der Waals surface area (Å²) in [6, 6.07) is 0. The highest BCUT2D eigenvalue weighted by Gasteiger charge is 2.46. The van der Waals surface area contributed by atoms with E-state index >= 15 is 0 Å². The smallest absolute Gasteiger partial charge is 0.336 e. The molecule has 0 radical (unpaired) electrons. The zero-order chi connectivity index (χ0) is 21.0. The SMILES string of the molecule is COC(=O)C1=C(C)N=C(C)C(C(=O)OC)[C@@H]1C(=O)OCC(=O)N1CCCC1=O. The van der Waals surface area contributed by atoms with E-state index in [1.54, 1.807) is 0 Å². The third-order valence-electron chi connectivity index (χ3n) is 4.66. The minimum absolute atomic E-state index is 0.141. The van der Waals surface area contributed by atoms with Crippen LogP contribution in [-0.2, 0) is 38.2 Å². The average Bonchev–Trinajstić information content (AvgIpc) is 3.10. The number of methoxy groups -OCH3 is 2. The molecule has 10 heteroatoms. The number of esters is 3. The molecule has 2 aliphatic heterocycles. The quantitative estimate of drug-likeness (QED) is 0.471. The van der Waals surface area contributed by atoms with E-state index in [4.69, 9.17) is 14.2 Å². The molecular weight excluding hydrogens is 372 g/mol. The van der Waals surface area contributed by atoms with Gasteiger partial charge in [-0.15, -0.1) is 0 Å². The molecule has 0 N–H and O–H groups in total. The second-order valence-corrected chi connectivity index (χ2v) is 6.37. The molecule has 28 heavy (non-hydrogen) atoms. The summed E-state index contributed by atoms with van der Waals surface area (Å²) in [5, 5.41) is 0. The fraction of sp³-hybridized carbons (Fsp3) is 0.556. The normalized spacial score (nSPS) is 21.9. The lowest BCUT2D eigenvalue weighted by molar-refractivity contribution is -0.160. The summed E-state index contributed by atoms with van der Waals surface area (Å²) in [6.45, 7) is 2.60. The predicted octanol–water partition coefficient (Wildman–Crippen LogP) is 0.00550. The summed E-state index contributed by atoms with van der Waals surface area (Å²) in [5.41, 5.74) is 0.325. The molecule has 0 saturated carbocycles. The van der Waals surface area contributed by atoms with E-state index in [0.717, 1.165) is 19.1 Å². The lowest BCUT2D eigenvalue weighted by Crippen LogP contribution is -2.43. The van der Waals surface area contributed by atoms with E-state index in [-0.39, 0.29) is 35.9 Å². The van der Waals surface area contributed by atoms with Crippen LogP contribution in [0.2, 0.25) is 0 Å². The van der Waals surface area contributed by atoms with Crippen molar-refractivity contribution < 1.29 is 38.2 Å². The number of allylic oxidation sites excluding steroid dienone is 1. The lowest BCUT2D eigenvalue weighted by atomic mass is 9.80. The Morgan fingerprint density at radius 1 is 1.07 bits per heavy atom. The largest absolute Gasteiger partial charge is 0.468 e. The van der Waals surface area contributed by atoms with Gasteiger partial charge in [-0.2, -0.15) is 0 Å². The van der Waals surface area contributed by atoms with Crippen LogP contribution >= 0.6 is 0 Å². The van der Waals surface area contributed by atoms with Crippen LogP contribution < -0.4 is 0 Å². The predicted molar refractivity (Wildman–Crippen MR) is 93.7 cm³/mol. The summed E-state index contributed by atoms with van der Waals surface area (Å²) in [5.74, 6) is -6.17. The molecule has 0 bridgehead atoms. The molecule has 2 aliphatic rings. The number of likely N-dealkylation sites (tertiary alicyclic amines) is 1. The molecule has 1 saturated heterocycles. The highest BCUT2D eigenvalue weighted by Crippen LogP contribution is 2.33. The third-order valence-corrected chi connectivity index (χ3v) is 4.66. The monoisotopic (exact) mass is 394 g/mol. The Balaban J connectivity index is 2.27. The molecule has 0 aromatic carbocycles. The molecule has 152 valence electrons. The number of rotatable bonds is 5. The van der Waals surface area contributed by atoms with Gasteiger partial charge in [0.05, 0.1) is 19.8 Å². The molecule has 2 amide bonds. The summed E-state index contributed by atoms with van der Waals surface area (Å²) < 4.78 is 14.5. The van der Waals surface area contributed by atoms with Crippen molar-refractivity contribution in [3.8, 4) is 0 Å². The summed E-state index contributed by atoms with van der Waals surface area (Å²) in [7, 11) is 2.27. The van der Waals surface area contributed by atoms with Gasteiger partial charge in [-0.05, 0) is 20.3 Å². The van der Waals surface area contributed by atoms with E-state index < -0.39 is 42.3 Å². The van der Waals surface area contributed by atoms with Crippen molar-refractivity contribution in [1.82, 2.24) is 4.90 Å². The Kier molecular flexibility index (Phi) is 6.66. The van der Waals surface area contributed by atoms with Crippen LogP contribution in [0.1, 0.15) is 26.7 Å². The zero-order valence-corrected chi connectivity index (χ0v) is 16.1. The van der Waals surface area contributed by atoms with Crippen LogP contribution in [0.25, 0.3) is 0 Å². The van der Waals surface area contributed by atoms with Gasteiger partial charge in [0, 0.05) is 24.4 Å². The third kappa shape index (κ3) is 4.10. The first-order valence-electron chi connectivity index (χ1n) is 8.64. The molecule has 0 spiro atoms. The number of nitrogens with zero attached hydrogens (tertiary/aromatic N) is 2. The van der Waals surface area contributed by atoms with Crippen molar-refractivity contribution in [2.24, 2.45) is 16.8 Å². The first-order chi connectivity index (χ1) is 13.2. The van der Waals surface area contributed by atoms with Gasteiger partial charge in [0.25, 0.3) is 5.91 Å². The Bertz CT molecular complexity index is 782. The molecule has 0 aromatic heterocycles. The maximum atomic E-state index is 12.8. The van der Waals surface area contributed by atoms with E-state index in [1.165, 1.54) is 13.8 Å². The molecule has 2 heterocycles. The van der Waals surface area contributed by atoms with Crippen LogP contribution in [0.5, 0.6) is 0 Å². The molecule has 10 nitrogen and oxygen atoms in total. The van der Waals surface area contributed by atoms with Crippen molar-refractivity contribution >= 4 is 35.4 Å². The van der Waals surface area contributed by atoms with Crippen LogP contribution in [-0.4, -0.2) is 67.7 Å². The van der Waals surface area contributed by atoms with Crippen LogP contribution in [0.15, 0.2) is 16.3 Å². The number of hydrogen-bond acceptors (Lipinski definition) is 9. The first kappa shape index (κ1) is 21.3. The average molecular weight is 394 g/mol. The minimum atomic E-state index is -1.38. The van der Waals surface area contributed by atoms with Crippen LogP contribution in [0.4, 0.5) is 0 Å². The van der Waals surface area contributed by atoms with E-state index in [1.807, 2.05) is 0 Å². The van der Waals surface area contributed by atoms with Gasteiger partial charge < -0.3 is 14.2 Å². The number of imide groups is 1. The topological polar surface area (TPSA) is 129 Å². The molecule has 1 unspecified atom stereocenters. The van der Waals surface area contributed by atoms with Gasteiger partial charge in [-0.3, -0.25) is 29.1 Å². The second-order valence-electron chi connectivity index (χ2n) is 6.37. The van der Waals surface area contributed by atoms with Crippen LogP contribution in [0, 0.1) is 11.8 Å². The maximum Gasteiger partial charge on any atom is 0.336 e. The number of carbonyl (C=O) groups is 5. The highest BCUT2D eigenvalue weighted by molar-refractivity contribution is 6.10. The van der Waals surface area contributed by atoms with Gasteiger partial charge in [-0.25, -0.2) is 4.79 Å². The van der Waals surface area contributed by atoms with Crippen molar-refractivity contribution in [2.75, 3.05) is 27.4 Å². The molecule has 0 aromatic rings. The lowest BCUT2D eigenvalue weighted by Gasteiger charge is -2.29. The molecule has 0 aliphatic carbocycles. The molecule has 1 fully saturated rings. The van der Waals surface area contributed by atoms with Crippen LogP contribution in [0.3, 0.4) is 0 Å². The van der Waals surface area contributed by atoms with Gasteiger partial charge in [0.2, 0.25) is 5.91 Å². The van der Waals surface area contributed by atoms with Crippen molar-refractivity contribution in [1.29, 1.82) is 0 Å². The zero-order valence-electron chi connectivity index (χ0n) is 16.1. The minimum Gasteiger partial charge on any atom is -0.468 e. The Morgan fingerprint density at radius 2 is 1.75 bits per heavy atom. The fourth-order valence-electron chi connectivity index (χ4n) is 3.31. The van der Waals surface area contributed by atoms with E-state index in [2.05, 4.69) is 4.99 Å². The van der Waals surface area contributed by atoms with Crippen molar-refractivity contribution in [2.45, 2.75) is 26.7 Å².